The molecule has 0 aromatic heterocycles. The molecule has 1 aliphatic rings. The summed E-state index contributed by atoms with van der Waals surface area (Å²) in [4.78, 5) is 14.3. The Morgan fingerprint density at radius 3 is 2.83 bits per heavy atom. The molecule has 0 aromatic rings. The molecule has 1 saturated heterocycles. The average Bonchev–Trinajstić information content (AvgIpc) is 2.85. The predicted octanol–water partition coefficient (Wildman–Crippen LogP) is 0.496. The van der Waals surface area contributed by atoms with Gasteiger partial charge >= 0.3 is 0 Å². The van der Waals surface area contributed by atoms with Crippen molar-refractivity contribution in [2.75, 3.05) is 46.6 Å². The summed E-state index contributed by atoms with van der Waals surface area (Å²) in [7, 11) is 1.66. The molecule has 2 unspecified atom stereocenters. The molecule has 5 heteroatoms. The topological polar surface area (TPSA) is 50.8 Å². The quantitative estimate of drug-likeness (QED) is 0.688. The van der Waals surface area contributed by atoms with Crippen molar-refractivity contribution in [3.8, 4) is 0 Å². The van der Waals surface area contributed by atoms with Crippen LogP contribution >= 0.6 is 0 Å². The number of carbonyl (C=O) groups excluding carboxylic acids is 1. The van der Waals surface area contributed by atoms with Gasteiger partial charge in [-0.25, -0.2) is 0 Å². The van der Waals surface area contributed by atoms with Crippen LogP contribution in [0.4, 0.5) is 0 Å². The molecule has 106 valence electrons. The minimum absolute atomic E-state index is 0.0478. The van der Waals surface area contributed by atoms with Crippen LogP contribution in [0, 0.1) is 5.92 Å². The second kappa shape index (κ2) is 8.45. The number of ether oxygens (including phenoxy) is 2. The monoisotopic (exact) mass is 258 g/mol. The Bertz CT molecular complexity index is 248. The van der Waals surface area contributed by atoms with Crippen molar-refractivity contribution in [1.29, 1.82) is 0 Å². The minimum atomic E-state index is -0.0478. The van der Waals surface area contributed by atoms with Gasteiger partial charge in [-0.1, -0.05) is 6.92 Å². The first kappa shape index (κ1) is 15.4. The van der Waals surface area contributed by atoms with Gasteiger partial charge in [-0.15, -0.1) is 0 Å². The van der Waals surface area contributed by atoms with Crippen LogP contribution in [0.1, 0.15) is 20.3 Å². The lowest BCUT2D eigenvalue weighted by molar-refractivity contribution is -0.136. The van der Waals surface area contributed by atoms with Crippen LogP contribution in [0.5, 0.6) is 0 Å². The normalized spacial score (nSPS) is 23.3. The Morgan fingerprint density at radius 2 is 2.22 bits per heavy atom. The summed E-state index contributed by atoms with van der Waals surface area (Å²) in [6.07, 6.45) is 1.07. The molecule has 5 nitrogen and oxygen atoms in total. The van der Waals surface area contributed by atoms with Crippen molar-refractivity contribution >= 4 is 5.91 Å². The number of likely N-dealkylation sites (N-methyl/N-ethyl adjacent to an activating group) is 1. The van der Waals surface area contributed by atoms with Gasteiger partial charge in [-0.3, -0.25) is 4.79 Å². The zero-order chi connectivity index (χ0) is 13.4. The third kappa shape index (κ3) is 4.23. The number of methoxy groups -OCH3 is 1. The molecule has 0 saturated carbocycles. The van der Waals surface area contributed by atoms with Crippen LogP contribution in [0.15, 0.2) is 0 Å². The maximum absolute atomic E-state index is 12.4. The van der Waals surface area contributed by atoms with E-state index < -0.39 is 0 Å². The van der Waals surface area contributed by atoms with Gasteiger partial charge in [0.2, 0.25) is 5.91 Å². The molecular weight excluding hydrogens is 232 g/mol. The number of hydrogen-bond acceptors (Lipinski definition) is 4. The smallest absolute Gasteiger partial charge is 0.229 e. The van der Waals surface area contributed by atoms with Crippen LogP contribution in [0.25, 0.3) is 0 Å². The van der Waals surface area contributed by atoms with Gasteiger partial charge in [0.25, 0.3) is 0 Å². The molecule has 1 aliphatic heterocycles. The van der Waals surface area contributed by atoms with Gasteiger partial charge in [-0.2, -0.15) is 0 Å². The Kier molecular flexibility index (Phi) is 7.23. The number of carbonyl (C=O) groups is 1. The highest BCUT2D eigenvalue weighted by Crippen LogP contribution is 2.16. The minimum Gasteiger partial charge on any atom is -0.383 e. The van der Waals surface area contributed by atoms with Gasteiger partial charge in [0.15, 0.2) is 0 Å². The molecule has 2 atom stereocenters. The molecule has 0 aromatic carbocycles. The van der Waals surface area contributed by atoms with E-state index in [2.05, 4.69) is 12.2 Å². The SMILES string of the molecule is CCCNC1COCC1C(=O)N(CC)CCOC. The molecule has 1 amide bonds. The summed E-state index contributed by atoms with van der Waals surface area (Å²) in [5.74, 6) is 0.133. The highest BCUT2D eigenvalue weighted by Gasteiger charge is 2.35. The Balaban J connectivity index is 2.51. The molecule has 0 aliphatic carbocycles. The van der Waals surface area contributed by atoms with E-state index >= 15 is 0 Å². The van der Waals surface area contributed by atoms with Gasteiger partial charge in [0, 0.05) is 26.2 Å². The van der Waals surface area contributed by atoms with E-state index in [-0.39, 0.29) is 17.9 Å². The molecule has 1 rings (SSSR count). The number of nitrogens with one attached hydrogen (secondary N) is 1. The fourth-order valence-electron chi connectivity index (χ4n) is 2.19. The highest BCUT2D eigenvalue weighted by molar-refractivity contribution is 5.80. The van der Waals surface area contributed by atoms with Crippen LogP contribution in [-0.4, -0.2) is 63.4 Å². The van der Waals surface area contributed by atoms with Crippen molar-refractivity contribution < 1.29 is 14.3 Å². The van der Waals surface area contributed by atoms with Crippen LogP contribution in [0.2, 0.25) is 0 Å². The third-order valence-corrected chi connectivity index (χ3v) is 3.31. The Hall–Kier alpha value is -0.650. The van der Waals surface area contributed by atoms with Crippen molar-refractivity contribution in [1.82, 2.24) is 10.2 Å². The Labute approximate surface area is 110 Å². The Morgan fingerprint density at radius 1 is 1.44 bits per heavy atom. The molecule has 1 N–H and O–H groups in total. The third-order valence-electron chi connectivity index (χ3n) is 3.31. The van der Waals surface area contributed by atoms with Crippen LogP contribution in [-0.2, 0) is 14.3 Å². The summed E-state index contributed by atoms with van der Waals surface area (Å²) >= 11 is 0. The lowest BCUT2D eigenvalue weighted by atomic mass is 10.0. The second-order valence-electron chi connectivity index (χ2n) is 4.62. The molecule has 1 fully saturated rings. The lowest BCUT2D eigenvalue weighted by Crippen LogP contribution is -2.46. The van der Waals surface area contributed by atoms with E-state index in [1.807, 2.05) is 11.8 Å². The van der Waals surface area contributed by atoms with Crippen molar-refractivity contribution in [3.05, 3.63) is 0 Å². The van der Waals surface area contributed by atoms with E-state index in [1.54, 1.807) is 7.11 Å². The van der Waals surface area contributed by atoms with Crippen molar-refractivity contribution in [3.63, 3.8) is 0 Å². The molecule has 0 spiro atoms. The average molecular weight is 258 g/mol. The first-order chi connectivity index (χ1) is 8.74. The summed E-state index contributed by atoms with van der Waals surface area (Å²) in [5.41, 5.74) is 0. The first-order valence-electron chi connectivity index (χ1n) is 6.83. The summed E-state index contributed by atoms with van der Waals surface area (Å²) in [5, 5.41) is 3.39. The van der Waals surface area contributed by atoms with Crippen LogP contribution < -0.4 is 5.32 Å². The zero-order valence-electron chi connectivity index (χ0n) is 11.8. The summed E-state index contributed by atoms with van der Waals surface area (Å²) in [6.45, 7) is 8.18. The molecule has 1 heterocycles. The number of amides is 1. The lowest BCUT2D eigenvalue weighted by Gasteiger charge is -2.26. The first-order valence-corrected chi connectivity index (χ1v) is 6.83. The zero-order valence-corrected chi connectivity index (χ0v) is 11.8. The highest BCUT2D eigenvalue weighted by atomic mass is 16.5. The van der Waals surface area contributed by atoms with Gasteiger partial charge in [0.1, 0.15) is 0 Å². The largest absolute Gasteiger partial charge is 0.383 e. The van der Waals surface area contributed by atoms with Crippen molar-refractivity contribution in [2.45, 2.75) is 26.3 Å². The molecule has 0 radical (unpaired) electrons. The molecule has 18 heavy (non-hydrogen) atoms. The number of rotatable bonds is 8. The maximum atomic E-state index is 12.4. The van der Waals surface area contributed by atoms with Gasteiger partial charge in [0.05, 0.1) is 25.7 Å². The second-order valence-corrected chi connectivity index (χ2v) is 4.62. The number of hydrogen-bond donors (Lipinski definition) is 1. The van der Waals surface area contributed by atoms with E-state index in [0.29, 0.717) is 26.4 Å². The summed E-state index contributed by atoms with van der Waals surface area (Å²) < 4.78 is 10.5. The van der Waals surface area contributed by atoms with Gasteiger partial charge < -0.3 is 19.7 Å². The number of nitrogens with zero attached hydrogens (tertiary/aromatic N) is 1. The summed E-state index contributed by atoms with van der Waals surface area (Å²) in [6, 6.07) is 0.161. The maximum Gasteiger partial charge on any atom is 0.229 e. The van der Waals surface area contributed by atoms with Crippen molar-refractivity contribution in [2.24, 2.45) is 5.92 Å². The van der Waals surface area contributed by atoms with E-state index in [1.165, 1.54) is 0 Å². The van der Waals surface area contributed by atoms with E-state index in [4.69, 9.17) is 9.47 Å². The fourth-order valence-corrected chi connectivity index (χ4v) is 2.19. The van der Waals surface area contributed by atoms with Gasteiger partial charge in [-0.05, 0) is 19.9 Å². The molecule has 0 bridgehead atoms. The predicted molar refractivity (Wildman–Crippen MR) is 70.5 cm³/mol. The fraction of sp³-hybridized carbons (Fsp3) is 0.923. The van der Waals surface area contributed by atoms with E-state index in [9.17, 15) is 4.79 Å². The molecular formula is C13H26N2O3. The van der Waals surface area contributed by atoms with E-state index in [0.717, 1.165) is 19.5 Å². The van der Waals surface area contributed by atoms with Crippen LogP contribution in [0.3, 0.4) is 0 Å². The standard InChI is InChI=1S/C13H26N2O3/c1-4-6-14-12-10-18-9-11(12)13(16)15(5-2)7-8-17-3/h11-12,14H,4-10H2,1-3H3.